The zero-order chi connectivity index (χ0) is 26.4. The number of benzene rings is 2. The minimum atomic E-state index is -0.766. The number of ether oxygens (including phenoxy) is 3. The number of carbonyl (C=O) groups is 2. The normalized spacial score (nSPS) is 18.6. The highest BCUT2D eigenvalue weighted by molar-refractivity contribution is 6.30. The highest BCUT2D eigenvalue weighted by Crippen LogP contribution is 2.34. The van der Waals surface area contributed by atoms with E-state index in [-0.39, 0.29) is 18.7 Å². The van der Waals surface area contributed by atoms with Crippen molar-refractivity contribution in [2.75, 3.05) is 6.61 Å². The highest BCUT2D eigenvalue weighted by Gasteiger charge is 2.41. The molecule has 11 heteroatoms. The van der Waals surface area contributed by atoms with E-state index in [0.29, 0.717) is 22.0 Å². The topological polar surface area (TPSA) is 125 Å². The van der Waals surface area contributed by atoms with E-state index in [4.69, 9.17) is 25.8 Å². The summed E-state index contributed by atoms with van der Waals surface area (Å²) in [6, 6.07) is 14.8. The minimum Gasteiger partial charge on any atom is -0.459 e. The third-order valence-electron chi connectivity index (χ3n) is 5.58. The first-order valence-electron chi connectivity index (χ1n) is 11.8. The van der Waals surface area contributed by atoms with Gasteiger partial charge in [0.1, 0.15) is 24.9 Å². The molecule has 3 heterocycles. The molecule has 2 aromatic heterocycles. The van der Waals surface area contributed by atoms with E-state index >= 15 is 0 Å². The van der Waals surface area contributed by atoms with Crippen molar-refractivity contribution in [2.45, 2.75) is 38.6 Å². The van der Waals surface area contributed by atoms with Gasteiger partial charge in [-0.3, -0.25) is 9.20 Å². The number of nitrogens with one attached hydrogen (secondary N) is 1. The van der Waals surface area contributed by atoms with Crippen LogP contribution in [0.3, 0.4) is 0 Å². The molecule has 4 aromatic rings. The molecule has 37 heavy (non-hydrogen) atoms. The molecule has 0 amide bonds. The smallest absolute Gasteiger partial charge is 0.338 e. The molecule has 3 atom stereocenters. The molecule has 0 aliphatic carbocycles. The van der Waals surface area contributed by atoms with E-state index in [0.717, 1.165) is 0 Å². The van der Waals surface area contributed by atoms with E-state index in [1.165, 1.54) is 10.6 Å². The lowest BCUT2D eigenvalue weighted by Gasteiger charge is -2.19. The first-order chi connectivity index (χ1) is 18.0. The number of carbonyl (C=O) groups excluding carboxylic acids is 2. The number of esters is 2. The van der Waals surface area contributed by atoms with Crippen LogP contribution in [0, 0.1) is 0 Å². The number of halogens is 1. The van der Waals surface area contributed by atoms with Crippen LogP contribution in [0.5, 0.6) is 0 Å². The van der Waals surface area contributed by atoms with Crippen molar-refractivity contribution in [3.8, 4) is 0 Å². The molecule has 2 aromatic carbocycles. The van der Waals surface area contributed by atoms with Crippen LogP contribution >= 0.6 is 11.6 Å². The monoisotopic (exact) mass is 524 g/mol. The lowest BCUT2D eigenvalue weighted by Crippen LogP contribution is -2.32. The van der Waals surface area contributed by atoms with Crippen molar-refractivity contribution in [3.63, 3.8) is 0 Å². The summed E-state index contributed by atoms with van der Waals surface area (Å²) in [5, 5.41) is 8.52. The number of H-pyrrole nitrogens is 1. The predicted octanol–water partition coefficient (Wildman–Crippen LogP) is 4.01. The maximum Gasteiger partial charge on any atom is 0.338 e. The summed E-state index contributed by atoms with van der Waals surface area (Å²) in [4.78, 5) is 39.8. The maximum absolute atomic E-state index is 12.8. The van der Waals surface area contributed by atoms with Crippen LogP contribution in [0.4, 0.5) is 0 Å². The number of hydrogen-bond donors (Lipinski definition) is 1. The van der Waals surface area contributed by atoms with Crippen molar-refractivity contribution >= 4 is 29.2 Å². The molecule has 0 bridgehead atoms. The summed E-state index contributed by atoms with van der Waals surface area (Å²) in [6.45, 7) is 3.85. The molecule has 2 unspecified atom stereocenters. The second kappa shape index (κ2) is 11.8. The van der Waals surface area contributed by atoms with Gasteiger partial charge in [-0.15, -0.1) is 10.2 Å². The van der Waals surface area contributed by atoms with Gasteiger partial charge in [0.25, 0.3) is 5.56 Å². The molecule has 0 radical (unpaired) electrons. The molecule has 5 rings (SSSR count). The Labute approximate surface area is 217 Å². The third kappa shape index (κ3) is 5.87. The average Bonchev–Trinajstić information content (AvgIpc) is 3.54. The molecule has 1 fully saturated rings. The van der Waals surface area contributed by atoms with E-state index in [1.807, 2.05) is 13.8 Å². The second-order valence-corrected chi connectivity index (χ2v) is 8.29. The number of nitrogens with zero attached hydrogens (tertiary/aromatic N) is 3. The molecule has 1 aliphatic rings. The Morgan fingerprint density at radius 2 is 1.76 bits per heavy atom. The number of aromatic amines is 1. The highest BCUT2D eigenvalue weighted by atomic mass is 35.5. The van der Waals surface area contributed by atoms with Gasteiger partial charge >= 0.3 is 11.9 Å². The summed E-state index contributed by atoms with van der Waals surface area (Å²) in [7, 11) is 0. The van der Waals surface area contributed by atoms with Crippen LogP contribution in [-0.2, 0) is 14.2 Å². The minimum absolute atomic E-state index is 0.111. The lowest BCUT2D eigenvalue weighted by molar-refractivity contribution is -0.0441. The lowest BCUT2D eigenvalue weighted by atomic mass is 10.1. The SMILES string of the molecule is CC.O=C(OCC1OC(c2nnc3c(=O)[nH]ccn23)C[C@H]1OC(=O)c1ccc(Cl)cc1)c1ccccc1. The molecule has 0 saturated carbocycles. The zero-order valence-electron chi connectivity index (χ0n) is 20.2. The summed E-state index contributed by atoms with van der Waals surface area (Å²) < 4.78 is 18.8. The van der Waals surface area contributed by atoms with Gasteiger partial charge < -0.3 is 19.2 Å². The number of fused-ring (bicyclic) bond motifs is 1. The van der Waals surface area contributed by atoms with Gasteiger partial charge in [0.05, 0.1) is 11.1 Å². The van der Waals surface area contributed by atoms with Gasteiger partial charge in [-0.2, -0.15) is 0 Å². The first kappa shape index (κ1) is 26.1. The summed E-state index contributed by atoms with van der Waals surface area (Å²) >= 11 is 5.91. The fourth-order valence-electron chi connectivity index (χ4n) is 3.84. The second-order valence-electron chi connectivity index (χ2n) is 7.86. The summed E-state index contributed by atoms with van der Waals surface area (Å²) in [6.07, 6.45) is 1.12. The van der Waals surface area contributed by atoms with E-state index in [1.54, 1.807) is 60.8 Å². The van der Waals surface area contributed by atoms with Crippen molar-refractivity contribution in [1.82, 2.24) is 19.6 Å². The molecule has 192 valence electrons. The van der Waals surface area contributed by atoms with Crippen LogP contribution in [0.15, 0.2) is 71.8 Å². The number of aromatic nitrogens is 4. The van der Waals surface area contributed by atoms with E-state index < -0.39 is 35.8 Å². The van der Waals surface area contributed by atoms with Crippen molar-refractivity contribution in [2.24, 2.45) is 0 Å². The van der Waals surface area contributed by atoms with E-state index in [2.05, 4.69) is 15.2 Å². The molecule has 10 nitrogen and oxygen atoms in total. The van der Waals surface area contributed by atoms with Crippen molar-refractivity contribution < 1.29 is 23.8 Å². The number of rotatable bonds is 6. The standard InChI is InChI=1S/C24H19ClN4O6.C2H6/c25-16-8-6-15(7-9-16)24(32)35-17-12-18(20-27-28-21-22(30)26-10-11-29(20)21)34-19(17)13-33-23(31)14-4-2-1-3-5-14;1-2/h1-11,17-19H,12-13H2,(H,26,30);1-2H3/t17-,18?,19?;/m1./s1. The summed E-state index contributed by atoms with van der Waals surface area (Å²) in [5.74, 6) is -0.728. The van der Waals surface area contributed by atoms with Crippen LogP contribution in [-0.4, -0.2) is 50.3 Å². The Morgan fingerprint density at radius 1 is 1.05 bits per heavy atom. The van der Waals surface area contributed by atoms with Crippen LogP contribution in [0.25, 0.3) is 5.65 Å². The fraction of sp³-hybridized carbons (Fsp3) is 0.269. The summed E-state index contributed by atoms with van der Waals surface area (Å²) in [5.41, 5.74) is 0.417. The van der Waals surface area contributed by atoms with Gasteiger partial charge in [-0.05, 0) is 36.4 Å². The predicted molar refractivity (Wildman–Crippen MR) is 135 cm³/mol. The molecular weight excluding hydrogens is 500 g/mol. The van der Waals surface area contributed by atoms with Crippen molar-refractivity contribution in [1.29, 1.82) is 0 Å². The van der Waals surface area contributed by atoms with Gasteiger partial charge in [0.2, 0.25) is 5.65 Å². The van der Waals surface area contributed by atoms with Crippen molar-refractivity contribution in [3.05, 3.63) is 99.3 Å². The Hall–Kier alpha value is -4.02. The molecule has 1 N–H and O–H groups in total. The van der Waals surface area contributed by atoms with Crippen LogP contribution in [0.2, 0.25) is 5.02 Å². The largest absolute Gasteiger partial charge is 0.459 e. The Kier molecular flexibility index (Phi) is 8.32. The first-order valence-corrected chi connectivity index (χ1v) is 12.1. The molecular formula is C26H25ClN4O6. The Balaban J connectivity index is 0.00000156. The third-order valence-corrected chi connectivity index (χ3v) is 5.83. The molecule has 1 aliphatic heterocycles. The van der Waals surface area contributed by atoms with Gasteiger partial charge in [0, 0.05) is 23.8 Å². The quantitative estimate of drug-likeness (QED) is 0.375. The fourth-order valence-corrected chi connectivity index (χ4v) is 3.96. The van der Waals surface area contributed by atoms with Gasteiger partial charge in [-0.1, -0.05) is 43.6 Å². The molecule has 0 spiro atoms. The van der Waals surface area contributed by atoms with Gasteiger partial charge in [-0.25, -0.2) is 9.59 Å². The van der Waals surface area contributed by atoms with Gasteiger partial charge in [0.15, 0.2) is 5.82 Å². The van der Waals surface area contributed by atoms with Crippen LogP contribution < -0.4 is 5.56 Å². The van der Waals surface area contributed by atoms with E-state index in [9.17, 15) is 14.4 Å². The zero-order valence-corrected chi connectivity index (χ0v) is 20.9. The Morgan fingerprint density at radius 3 is 2.49 bits per heavy atom. The Bertz CT molecular complexity index is 1420. The maximum atomic E-state index is 12.8. The van der Waals surface area contributed by atoms with Crippen LogP contribution in [0.1, 0.15) is 52.9 Å². The molecule has 1 saturated heterocycles. The average molecular weight is 525 g/mol. The number of hydrogen-bond acceptors (Lipinski definition) is 8.